The van der Waals surface area contributed by atoms with Crippen LogP contribution in [0.3, 0.4) is 0 Å². The highest BCUT2D eigenvalue weighted by Gasteiger charge is 2.41. The predicted molar refractivity (Wildman–Crippen MR) is 69.2 cm³/mol. The molecule has 0 bridgehead atoms. The molecule has 1 unspecified atom stereocenters. The molecule has 6 nitrogen and oxygen atoms in total. The van der Waals surface area contributed by atoms with Crippen molar-refractivity contribution < 1.29 is 24.3 Å². The van der Waals surface area contributed by atoms with E-state index in [4.69, 9.17) is 28.3 Å². The second kappa shape index (κ2) is 5.68. The maximum atomic E-state index is 11.9. The Bertz CT molecular complexity index is 589. The molecule has 2 amide bonds. The smallest absolute Gasteiger partial charge is 0.448 e. The van der Waals surface area contributed by atoms with E-state index in [9.17, 15) is 14.4 Å². The van der Waals surface area contributed by atoms with Crippen LogP contribution < -0.4 is 0 Å². The molecule has 1 aromatic rings. The molecule has 1 aliphatic heterocycles. The zero-order chi connectivity index (χ0) is 14.9. The topological polar surface area (TPSA) is 83.9 Å². The molecular formula is C12H9Cl2NO5. The average molecular weight is 318 g/mol. The number of halogens is 2. The Kier molecular flexibility index (Phi) is 4.15. The highest BCUT2D eigenvalue weighted by atomic mass is 35.5. The third-order valence-corrected chi connectivity index (χ3v) is 3.43. The SMILES string of the molecule is O=C(O)ON1C(=O)CC(Cc2ccc(Cl)cc2Cl)C1=O. The van der Waals surface area contributed by atoms with E-state index in [0.717, 1.165) is 0 Å². The summed E-state index contributed by atoms with van der Waals surface area (Å²) in [4.78, 5) is 38.0. The van der Waals surface area contributed by atoms with Crippen LogP contribution in [-0.2, 0) is 20.8 Å². The van der Waals surface area contributed by atoms with E-state index in [-0.39, 0.29) is 17.9 Å². The summed E-state index contributed by atoms with van der Waals surface area (Å²) in [7, 11) is 0. The van der Waals surface area contributed by atoms with E-state index in [2.05, 4.69) is 4.84 Å². The van der Waals surface area contributed by atoms with Crippen molar-refractivity contribution in [2.24, 2.45) is 5.92 Å². The number of carbonyl (C=O) groups is 3. The molecule has 1 saturated heterocycles. The van der Waals surface area contributed by atoms with Crippen molar-refractivity contribution in [2.45, 2.75) is 12.8 Å². The Hall–Kier alpha value is -1.79. The lowest BCUT2D eigenvalue weighted by atomic mass is 9.98. The summed E-state index contributed by atoms with van der Waals surface area (Å²) in [6.07, 6.45) is -1.62. The zero-order valence-corrected chi connectivity index (χ0v) is 11.5. The van der Waals surface area contributed by atoms with E-state index in [1.807, 2.05) is 0 Å². The van der Waals surface area contributed by atoms with Gasteiger partial charge in [-0.3, -0.25) is 14.4 Å². The summed E-state index contributed by atoms with van der Waals surface area (Å²) in [6, 6.07) is 4.81. The van der Waals surface area contributed by atoms with Crippen molar-refractivity contribution >= 4 is 41.2 Å². The van der Waals surface area contributed by atoms with Crippen LogP contribution in [0.4, 0.5) is 4.79 Å². The minimum absolute atomic E-state index is 0.120. The van der Waals surface area contributed by atoms with Gasteiger partial charge in [0.1, 0.15) is 0 Å². The number of nitrogens with zero attached hydrogens (tertiary/aromatic N) is 1. The zero-order valence-electron chi connectivity index (χ0n) is 10.0. The van der Waals surface area contributed by atoms with Gasteiger partial charge in [0.05, 0.1) is 5.92 Å². The molecule has 0 saturated carbocycles. The third-order valence-electron chi connectivity index (χ3n) is 2.85. The van der Waals surface area contributed by atoms with Crippen molar-refractivity contribution in [1.82, 2.24) is 5.06 Å². The average Bonchev–Trinajstić information content (AvgIpc) is 2.60. The van der Waals surface area contributed by atoms with E-state index in [0.29, 0.717) is 15.6 Å². The van der Waals surface area contributed by atoms with Crippen LogP contribution in [-0.4, -0.2) is 28.1 Å². The fraction of sp³-hybridized carbons (Fsp3) is 0.250. The van der Waals surface area contributed by atoms with E-state index >= 15 is 0 Å². The molecule has 0 aromatic heterocycles. The number of amides is 2. The van der Waals surface area contributed by atoms with Gasteiger partial charge in [0, 0.05) is 16.5 Å². The molecule has 1 heterocycles. The van der Waals surface area contributed by atoms with Crippen molar-refractivity contribution in [3.05, 3.63) is 33.8 Å². The van der Waals surface area contributed by atoms with Crippen molar-refractivity contribution in [1.29, 1.82) is 0 Å². The van der Waals surface area contributed by atoms with Gasteiger partial charge in [0.2, 0.25) is 0 Å². The Morgan fingerprint density at radius 1 is 1.40 bits per heavy atom. The molecule has 106 valence electrons. The maximum Gasteiger partial charge on any atom is 0.531 e. The molecule has 1 fully saturated rings. The Morgan fingerprint density at radius 2 is 2.10 bits per heavy atom. The van der Waals surface area contributed by atoms with Crippen molar-refractivity contribution in [3.63, 3.8) is 0 Å². The number of carboxylic acid groups (broad SMARTS) is 1. The van der Waals surface area contributed by atoms with Gasteiger partial charge in [-0.25, -0.2) is 4.79 Å². The number of hydroxylamine groups is 2. The van der Waals surface area contributed by atoms with Crippen LogP contribution in [0.2, 0.25) is 10.0 Å². The van der Waals surface area contributed by atoms with Gasteiger partial charge >= 0.3 is 6.16 Å². The van der Waals surface area contributed by atoms with Gasteiger partial charge in [-0.2, -0.15) is 0 Å². The number of hydrogen-bond donors (Lipinski definition) is 1. The summed E-state index contributed by atoms with van der Waals surface area (Å²) < 4.78 is 0. The van der Waals surface area contributed by atoms with Crippen molar-refractivity contribution in [3.8, 4) is 0 Å². The maximum absolute atomic E-state index is 11.9. The van der Waals surface area contributed by atoms with E-state index in [1.165, 1.54) is 6.07 Å². The molecule has 1 aromatic carbocycles. The van der Waals surface area contributed by atoms with Crippen LogP contribution in [0.15, 0.2) is 18.2 Å². The monoisotopic (exact) mass is 317 g/mol. The Labute approximate surface area is 123 Å². The number of imide groups is 1. The molecule has 0 radical (unpaired) electrons. The Morgan fingerprint density at radius 3 is 2.70 bits per heavy atom. The molecule has 20 heavy (non-hydrogen) atoms. The lowest BCUT2D eigenvalue weighted by molar-refractivity contribution is -0.176. The minimum Gasteiger partial charge on any atom is -0.448 e. The quantitative estimate of drug-likeness (QED) is 0.866. The summed E-state index contributed by atoms with van der Waals surface area (Å²) in [5.41, 5.74) is 0.652. The number of hydrogen-bond acceptors (Lipinski definition) is 4. The summed E-state index contributed by atoms with van der Waals surface area (Å²) in [5, 5.41) is 9.58. The van der Waals surface area contributed by atoms with E-state index < -0.39 is 23.9 Å². The first-order valence-corrected chi connectivity index (χ1v) is 6.35. The second-order valence-electron chi connectivity index (χ2n) is 4.22. The van der Waals surface area contributed by atoms with Gasteiger partial charge in [-0.05, 0) is 24.1 Å². The van der Waals surface area contributed by atoms with Gasteiger partial charge < -0.3 is 5.11 Å². The fourth-order valence-electron chi connectivity index (χ4n) is 1.96. The largest absolute Gasteiger partial charge is 0.531 e. The van der Waals surface area contributed by atoms with Gasteiger partial charge in [0.25, 0.3) is 11.8 Å². The molecular weight excluding hydrogens is 309 g/mol. The highest BCUT2D eigenvalue weighted by Crippen LogP contribution is 2.28. The van der Waals surface area contributed by atoms with Crippen LogP contribution in [0, 0.1) is 5.92 Å². The standard InChI is InChI=1S/C12H9Cl2NO5/c13-8-2-1-6(9(14)5-8)3-7-4-10(16)15(11(7)17)20-12(18)19/h1-2,5,7H,3-4H2,(H,18,19). The van der Waals surface area contributed by atoms with Crippen LogP contribution in [0.5, 0.6) is 0 Å². The molecule has 1 aliphatic rings. The van der Waals surface area contributed by atoms with Gasteiger partial charge in [-0.1, -0.05) is 34.3 Å². The number of rotatable bonds is 3. The summed E-state index contributed by atoms with van der Waals surface area (Å²) >= 11 is 11.8. The molecule has 8 heteroatoms. The molecule has 0 spiro atoms. The lowest BCUT2D eigenvalue weighted by Crippen LogP contribution is -2.33. The molecule has 2 rings (SSSR count). The molecule has 1 N–H and O–H groups in total. The fourth-order valence-corrected chi connectivity index (χ4v) is 2.44. The summed E-state index contributed by atoms with van der Waals surface area (Å²) in [6.45, 7) is 0. The first-order chi connectivity index (χ1) is 9.38. The normalized spacial score (nSPS) is 18.5. The van der Waals surface area contributed by atoms with Crippen molar-refractivity contribution in [2.75, 3.05) is 0 Å². The van der Waals surface area contributed by atoms with Gasteiger partial charge in [0.15, 0.2) is 0 Å². The molecule has 1 atom stereocenters. The highest BCUT2D eigenvalue weighted by molar-refractivity contribution is 6.35. The van der Waals surface area contributed by atoms with Crippen LogP contribution in [0.1, 0.15) is 12.0 Å². The van der Waals surface area contributed by atoms with Gasteiger partial charge in [-0.15, -0.1) is 0 Å². The molecule has 0 aliphatic carbocycles. The Balaban J connectivity index is 2.13. The lowest BCUT2D eigenvalue weighted by Gasteiger charge is -2.12. The second-order valence-corrected chi connectivity index (χ2v) is 5.07. The first-order valence-electron chi connectivity index (χ1n) is 5.60. The van der Waals surface area contributed by atoms with Crippen LogP contribution >= 0.6 is 23.2 Å². The number of benzene rings is 1. The van der Waals surface area contributed by atoms with E-state index in [1.54, 1.807) is 12.1 Å². The number of carbonyl (C=O) groups excluding carboxylic acids is 2. The summed E-state index contributed by atoms with van der Waals surface area (Å²) in [5.74, 6) is -2.07. The first kappa shape index (κ1) is 14.6. The predicted octanol–water partition coefficient (Wildman–Crippen LogP) is 2.52. The third kappa shape index (κ3) is 3.02. The van der Waals surface area contributed by atoms with Crippen LogP contribution in [0.25, 0.3) is 0 Å². The minimum atomic E-state index is -1.71.